The monoisotopic (exact) mass is 281 g/mol. The maximum absolute atomic E-state index is 13.1. The SMILES string of the molecule is Fc1cccc(CNC2CCc3sc(Cl)cc32)c1. The van der Waals surface area contributed by atoms with E-state index in [0.29, 0.717) is 12.6 Å². The highest BCUT2D eigenvalue weighted by Crippen LogP contribution is 2.39. The number of hydrogen-bond acceptors (Lipinski definition) is 2. The van der Waals surface area contributed by atoms with Crippen LogP contribution in [-0.2, 0) is 13.0 Å². The summed E-state index contributed by atoms with van der Waals surface area (Å²) in [6.45, 7) is 0.690. The Balaban J connectivity index is 1.68. The average Bonchev–Trinajstić information content (AvgIpc) is 2.86. The van der Waals surface area contributed by atoms with Crippen molar-refractivity contribution in [1.29, 1.82) is 0 Å². The van der Waals surface area contributed by atoms with Crippen LogP contribution in [0.1, 0.15) is 28.5 Å². The van der Waals surface area contributed by atoms with E-state index in [-0.39, 0.29) is 5.82 Å². The highest BCUT2D eigenvalue weighted by molar-refractivity contribution is 7.16. The predicted molar refractivity (Wildman–Crippen MR) is 73.6 cm³/mol. The molecule has 0 saturated heterocycles. The van der Waals surface area contributed by atoms with Crippen LogP contribution >= 0.6 is 22.9 Å². The Kier molecular flexibility index (Phi) is 3.37. The molecule has 0 radical (unpaired) electrons. The summed E-state index contributed by atoms with van der Waals surface area (Å²) in [6.07, 6.45) is 2.20. The number of rotatable bonds is 3. The molecule has 0 aliphatic heterocycles. The number of fused-ring (bicyclic) bond motifs is 1. The lowest BCUT2D eigenvalue weighted by Crippen LogP contribution is -2.18. The quantitative estimate of drug-likeness (QED) is 0.884. The van der Waals surface area contributed by atoms with Gasteiger partial charge in [0.2, 0.25) is 0 Å². The van der Waals surface area contributed by atoms with E-state index in [1.165, 1.54) is 16.5 Å². The summed E-state index contributed by atoms with van der Waals surface area (Å²) in [4.78, 5) is 1.39. The zero-order valence-electron chi connectivity index (χ0n) is 9.75. The smallest absolute Gasteiger partial charge is 0.123 e. The van der Waals surface area contributed by atoms with Gasteiger partial charge in [0.15, 0.2) is 0 Å². The second-order valence-corrected chi connectivity index (χ2v) is 6.30. The summed E-state index contributed by atoms with van der Waals surface area (Å²) < 4.78 is 13.9. The molecule has 1 aromatic carbocycles. The second-order valence-electron chi connectivity index (χ2n) is 4.53. The Labute approximate surface area is 115 Å². The Morgan fingerprint density at radius 1 is 1.39 bits per heavy atom. The highest BCUT2D eigenvalue weighted by Gasteiger charge is 2.24. The highest BCUT2D eigenvalue weighted by atomic mass is 35.5. The maximum Gasteiger partial charge on any atom is 0.123 e. The topological polar surface area (TPSA) is 12.0 Å². The third kappa shape index (κ3) is 2.44. The third-order valence-electron chi connectivity index (χ3n) is 3.29. The number of hydrogen-bond donors (Lipinski definition) is 1. The van der Waals surface area contributed by atoms with Crippen molar-refractivity contribution in [2.45, 2.75) is 25.4 Å². The van der Waals surface area contributed by atoms with Crippen LogP contribution in [0.4, 0.5) is 4.39 Å². The van der Waals surface area contributed by atoms with Gasteiger partial charge in [-0.2, -0.15) is 0 Å². The molecule has 1 N–H and O–H groups in total. The van der Waals surface area contributed by atoms with Crippen LogP contribution in [0.15, 0.2) is 30.3 Å². The number of aryl methyl sites for hydroxylation is 1. The van der Waals surface area contributed by atoms with E-state index < -0.39 is 0 Å². The van der Waals surface area contributed by atoms with Gasteiger partial charge in [0, 0.05) is 17.5 Å². The van der Waals surface area contributed by atoms with Crippen molar-refractivity contribution in [3.63, 3.8) is 0 Å². The van der Waals surface area contributed by atoms with Crippen LogP contribution in [0.3, 0.4) is 0 Å². The van der Waals surface area contributed by atoms with E-state index in [1.807, 2.05) is 6.07 Å². The minimum Gasteiger partial charge on any atom is -0.306 e. The van der Waals surface area contributed by atoms with Gasteiger partial charge in [-0.15, -0.1) is 11.3 Å². The molecule has 0 bridgehead atoms. The van der Waals surface area contributed by atoms with Crippen molar-refractivity contribution in [1.82, 2.24) is 5.32 Å². The van der Waals surface area contributed by atoms with E-state index in [4.69, 9.17) is 11.6 Å². The van der Waals surface area contributed by atoms with Gasteiger partial charge >= 0.3 is 0 Å². The first kappa shape index (κ1) is 12.2. The predicted octanol–water partition coefficient (Wildman–Crippen LogP) is 4.32. The van der Waals surface area contributed by atoms with Gasteiger partial charge in [0.1, 0.15) is 5.82 Å². The fourth-order valence-corrected chi connectivity index (χ4v) is 3.79. The van der Waals surface area contributed by atoms with Gasteiger partial charge in [0.05, 0.1) is 4.34 Å². The number of thiophene rings is 1. The van der Waals surface area contributed by atoms with Crippen LogP contribution in [0.25, 0.3) is 0 Å². The minimum absolute atomic E-state index is 0.181. The van der Waals surface area contributed by atoms with Crippen LogP contribution in [0.5, 0.6) is 0 Å². The molecular weight excluding hydrogens is 269 g/mol. The largest absolute Gasteiger partial charge is 0.306 e. The van der Waals surface area contributed by atoms with Crippen LogP contribution in [0.2, 0.25) is 4.34 Å². The second kappa shape index (κ2) is 5.00. The number of benzene rings is 1. The zero-order valence-corrected chi connectivity index (χ0v) is 11.3. The van der Waals surface area contributed by atoms with Gasteiger partial charge in [-0.3, -0.25) is 0 Å². The van der Waals surface area contributed by atoms with E-state index >= 15 is 0 Å². The Morgan fingerprint density at radius 2 is 2.28 bits per heavy atom. The van der Waals surface area contributed by atoms with E-state index in [2.05, 4.69) is 11.4 Å². The summed E-state index contributed by atoms with van der Waals surface area (Å²) >= 11 is 7.69. The van der Waals surface area contributed by atoms with Gasteiger partial charge < -0.3 is 5.32 Å². The Bertz CT molecular complexity index is 567. The van der Waals surface area contributed by atoms with Gasteiger partial charge in [-0.05, 0) is 42.2 Å². The summed E-state index contributed by atoms with van der Waals surface area (Å²) in [5.41, 5.74) is 2.30. The third-order valence-corrected chi connectivity index (χ3v) is 4.63. The molecule has 1 heterocycles. The molecule has 0 saturated carbocycles. The summed E-state index contributed by atoms with van der Waals surface area (Å²) in [5.74, 6) is -0.181. The summed E-state index contributed by atoms with van der Waals surface area (Å²) in [6, 6.07) is 9.13. The lowest BCUT2D eigenvalue weighted by molar-refractivity contribution is 0.528. The molecule has 0 fully saturated rings. The molecular formula is C14H13ClFNS. The zero-order chi connectivity index (χ0) is 12.5. The van der Waals surface area contributed by atoms with Gasteiger partial charge in [0.25, 0.3) is 0 Å². The molecule has 1 aromatic heterocycles. The van der Waals surface area contributed by atoms with Crippen molar-refractivity contribution in [3.8, 4) is 0 Å². The standard InChI is InChI=1S/C14H13ClFNS/c15-14-7-11-12(4-5-13(11)18-14)17-8-9-2-1-3-10(16)6-9/h1-3,6-7,12,17H,4-5,8H2. The molecule has 1 unspecified atom stereocenters. The molecule has 94 valence electrons. The van der Waals surface area contributed by atoms with Crippen LogP contribution < -0.4 is 5.32 Å². The maximum atomic E-state index is 13.1. The lowest BCUT2D eigenvalue weighted by Gasteiger charge is -2.12. The molecule has 1 aliphatic rings. The minimum atomic E-state index is -0.181. The molecule has 4 heteroatoms. The van der Waals surface area contributed by atoms with Crippen LogP contribution in [-0.4, -0.2) is 0 Å². The first-order chi connectivity index (χ1) is 8.72. The Hall–Kier alpha value is -0.900. The van der Waals surface area contributed by atoms with Gasteiger partial charge in [-0.1, -0.05) is 23.7 Å². The lowest BCUT2D eigenvalue weighted by atomic mass is 10.1. The molecule has 3 rings (SSSR count). The molecule has 1 nitrogen and oxygen atoms in total. The molecule has 0 spiro atoms. The molecule has 2 aromatic rings. The van der Waals surface area contributed by atoms with E-state index in [1.54, 1.807) is 23.5 Å². The van der Waals surface area contributed by atoms with Gasteiger partial charge in [-0.25, -0.2) is 4.39 Å². The molecule has 1 aliphatic carbocycles. The number of nitrogens with one attached hydrogen (secondary N) is 1. The summed E-state index contributed by atoms with van der Waals surface area (Å²) in [5, 5.41) is 3.48. The molecule has 18 heavy (non-hydrogen) atoms. The number of halogens is 2. The summed E-state index contributed by atoms with van der Waals surface area (Å²) in [7, 11) is 0. The normalized spacial score (nSPS) is 18.0. The van der Waals surface area contributed by atoms with E-state index in [0.717, 1.165) is 22.7 Å². The van der Waals surface area contributed by atoms with E-state index in [9.17, 15) is 4.39 Å². The first-order valence-electron chi connectivity index (χ1n) is 5.98. The Morgan fingerprint density at radius 3 is 3.11 bits per heavy atom. The van der Waals surface area contributed by atoms with Crippen molar-refractivity contribution in [3.05, 3.63) is 56.5 Å². The van der Waals surface area contributed by atoms with Crippen molar-refractivity contribution >= 4 is 22.9 Å². The van der Waals surface area contributed by atoms with Crippen LogP contribution in [0, 0.1) is 5.82 Å². The van der Waals surface area contributed by atoms with Crippen molar-refractivity contribution in [2.75, 3.05) is 0 Å². The fourth-order valence-electron chi connectivity index (χ4n) is 2.43. The van der Waals surface area contributed by atoms with Crippen molar-refractivity contribution in [2.24, 2.45) is 0 Å². The first-order valence-corrected chi connectivity index (χ1v) is 7.18. The fraction of sp³-hybridized carbons (Fsp3) is 0.286. The van der Waals surface area contributed by atoms with Crippen molar-refractivity contribution < 1.29 is 4.39 Å². The molecule has 1 atom stereocenters. The average molecular weight is 282 g/mol. The molecule has 0 amide bonds.